The first-order valence-electron chi connectivity index (χ1n) is 5.20. The van der Waals surface area contributed by atoms with Crippen molar-refractivity contribution in [1.82, 2.24) is 9.78 Å². The molecule has 1 fully saturated rings. The highest BCUT2D eigenvalue weighted by molar-refractivity contribution is 7.93. The lowest BCUT2D eigenvalue weighted by Gasteiger charge is -2.22. The lowest BCUT2D eigenvalue weighted by Crippen LogP contribution is -2.18. The summed E-state index contributed by atoms with van der Waals surface area (Å²) >= 11 is 1.37. The van der Waals surface area contributed by atoms with Crippen LogP contribution < -0.4 is 0 Å². The third-order valence-corrected chi connectivity index (χ3v) is 2.80. The van der Waals surface area contributed by atoms with Crippen LogP contribution in [-0.2, 0) is 15.5 Å². The predicted molar refractivity (Wildman–Crippen MR) is 59.4 cm³/mol. The van der Waals surface area contributed by atoms with Gasteiger partial charge in [-0.15, -0.1) is 0 Å². The Morgan fingerprint density at radius 3 is 3.33 bits per heavy atom. The number of rotatable bonds is 4. The van der Waals surface area contributed by atoms with Gasteiger partial charge >= 0.3 is 0 Å². The monoisotopic (exact) mass is 228 g/mol. The number of nitrogens with zero attached hydrogens (tertiary/aromatic N) is 2. The van der Waals surface area contributed by atoms with E-state index in [9.17, 15) is 0 Å². The Labute approximate surface area is 94.1 Å². The van der Waals surface area contributed by atoms with Gasteiger partial charge in [0.25, 0.3) is 0 Å². The van der Waals surface area contributed by atoms with Crippen LogP contribution in [0.2, 0.25) is 0 Å². The van der Waals surface area contributed by atoms with E-state index in [1.54, 1.807) is 0 Å². The van der Waals surface area contributed by atoms with E-state index in [-0.39, 0.29) is 6.23 Å². The number of hydrogen-bond acceptors (Lipinski definition) is 4. The van der Waals surface area contributed by atoms with Crippen LogP contribution in [0.25, 0.3) is 0 Å². The normalized spacial score (nSPS) is 21.8. The van der Waals surface area contributed by atoms with Crippen molar-refractivity contribution in [2.24, 2.45) is 0 Å². The second-order valence-corrected chi connectivity index (χ2v) is 4.15. The van der Waals surface area contributed by atoms with Crippen molar-refractivity contribution in [3.05, 3.63) is 18.0 Å². The first-order chi connectivity index (χ1) is 7.40. The fourth-order valence-corrected chi connectivity index (χ4v) is 1.92. The maximum atomic E-state index is 5.64. The minimum atomic E-state index is 0.127. The van der Waals surface area contributed by atoms with Gasteiger partial charge in [-0.25, -0.2) is 4.68 Å². The summed E-state index contributed by atoms with van der Waals surface area (Å²) in [5.74, 6) is 0. The molecule has 1 unspecified atom stereocenters. The molecule has 84 valence electrons. The van der Waals surface area contributed by atoms with Crippen LogP contribution in [0.4, 0.5) is 0 Å². The van der Waals surface area contributed by atoms with Crippen LogP contribution in [0.5, 0.6) is 0 Å². The summed E-state index contributed by atoms with van der Waals surface area (Å²) in [5.41, 5.74) is 1.10. The molecule has 1 aliphatic heterocycles. The quantitative estimate of drug-likeness (QED) is 0.741. The fraction of sp³-hybridized carbons (Fsp3) is 0.700. The van der Waals surface area contributed by atoms with E-state index >= 15 is 0 Å². The SMILES string of the molecule is CSOCc1cnn(C2CCCCO2)c1. The number of aromatic nitrogens is 2. The third kappa shape index (κ3) is 2.96. The van der Waals surface area contributed by atoms with Gasteiger partial charge in [0.05, 0.1) is 12.8 Å². The highest BCUT2D eigenvalue weighted by atomic mass is 32.2. The molecule has 1 atom stereocenters. The van der Waals surface area contributed by atoms with E-state index in [4.69, 9.17) is 8.92 Å². The van der Waals surface area contributed by atoms with Crippen LogP contribution in [-0.4, -0.2) is 22.6 Å². The van der Waals surface area contributed by atoms with E-state index in [0.717, 1.165) is 18.6 Å². The second kappa shape index (κ2) is 5.53. The summed E-state index contributed by atoms with van der Waals surface area (Å²) in [5, 5.41) is 4.30. The van der Waals surface area contributed by atoms with Gasteiger partial charge < -0.3 is 8.92 Å². The Balaban J connectivity index is 1.93. The first-order valence-corrected chi connectivity index (χ1v) is 6.35. The lowest BCUT2D eigenvalue weighted by atomic mass is 10.2. The number of ether oxygens (including phenoxy) is 1. The molecule has 1 aliphatic rings. The van der Waals surface area contributed by atoms with Crippen molar-refractivity contribution in [1.29, 1.82) is 0 Å². The molecule has 5 heteroatoms. The molecule has 0 bridgehead atoms. The first kappa shape index (κ1) is 11.0. The standard InChI is InChI=1S/C10H16N2O2S/c1-15-14-8-9-6-11-12(7-9)10-4-2-3-5-13-10/h6-7,10H,2-5,8H2,1H3. The molecule has 2 heterocycles. The molecule has 0 radical (unpaired) electrons. The summed E-state index contributed by atoms with van der Waals surface area (Å²) < 4.78 is 12.8. The summed E-state index contributed by atoms with van der Waals surface area (Å²) in [6.45, 7) is 1.45. The summed E-state index contributed by atoms with van der Waals surface area (Å²) in [6.07, 6.45) is 9.34. The van der Waals surface area contributed by atoms with Gasteiger partial charge in [0.2, 0.25) is 0 Å². The zero-order valence-corrected chi connectivity index (χ0v) is 9.70. The summed E-state index contributed by atoms with van der Waals surface area (Å²) in [6, 6.07) is 0. The highest BCUT2D eigenvalue weighted by Gasteiger charge is 2.16. The molecule has 0 aromatic carbocycles. The Morgan fingerprint density at radius 2 is 2.60 bits per heavy atom. The van der Waals surface area contributed by atoms with Crippen molar-refractivity contribution in [3.8, 4) is 0 Å². The van der Waals surface area contributed by atoms with E-state index in [1.807, 2.05) is 23.3 Å². The molecule has 0 amide bonds. The average Bonchev–Trinajstić information content (AvgIpc) is 2.76. The molecule has 2 rings (SSSR count). The van der Waals surface area contributed by atoms with Crippen molar-refractivity contribution >= 4 is 12.0 Å². The molecular weight excluding hydrogens is 212 g/mol. The van der Waals surface area contributed by atoms with Gasteiger partial charge in [-0.05, 0) is 31.3 Å². The Hall–Kier alpha value is -0.520. The van der Waals surface area contributed by atoms with Gasteiger partial charge in [-0.2, -0.15) is 5.10 Å². The van der Waals surface area contributed by atoms with E-state index < -0.39 is 0 Å². The molecule has 0 spiro atoms. The van der Waals surface area contributed by atoms with Crippen LogP contribution >= 0.6 is 12.0 Å². The van der Waals surface area contributed by atoms with E-state index in [1.165, 1.54) is 24.9 Å². The Kier molecular flexibility index (Phi) is 4.05. The zero-order valence-electron chi connectivity index (χ0n) is 8.89. The molecule has 1 saturated heterocycles. The van der Waals surface area contributed by atoms with Crippen molar-refractivity contribution < 1.29 is 8.92 Å². The zero-order chi connectivity index (χ0) is 10.5. The summed E-state index contributed by atoms with van der Waals surface area (Å²) in [7, 11) is 0. The molecule has 15 heavy (non-hydrogen) atoms. The Bertz CT molecular complexity index is 297. The van der Waals surface area contributed by atoms with E-state index in [0.29, 0.717) is 6.61 Å². The lowest BCUT2D eigenvalue weighted by molar-refractivity contribution is -0.0395. The average molecular weight is 228 g/mol. The molecule has 4 nitrogen and oxygen atoms in total. The minimum absolute atomic E-state index is 0.127. The molecule has 0 N–H and O–H groups in total. The molecule has 0 aliphatic carbocycles. The van der Waals surface area contributed by atoms with Crippen LogP contribution in [0.1, 0.15) is 31.1 Å². The third-order valence-electron chi connectivity index (χ3n) is 2.45. The maximum absolute atomic E-state index is 5.64. The van der Waals surface area contributed by atoms with Crippen LogP contribution in [0, 0.1) is 0 Å². The minimum Gasteiger partial charge on any atom is -0.357 e. The topological polar surface area (TPSA) is 36.3 Å². The molecule has 1 aromatic rings. The van der Waals surface area contributed by atoms with Gasteiger partial charge in [0.1, 0.15) is 6.23 Å². The number of hydrogen-bond donors (Lipinski definition) is 0. The molecule has 1 aromatic heterocycles. The molecular formula is C10H16N2O2S. The van der Waals surface area contributed by atoms with E-state index in [2.05, 4.69) is 5.10 Å². The fourth-order valence-electron chi connectivity index (χ4n) is 1.67. The van der Waals surface area contributed by atoms with Gasteiger partial charge in [0.15, 0.2) is 0 Å². The maximum Gasteiger partial charge on any atom is 0.150 e. The van der Waals surface area contributed by atoms with Gasteiger partial charge in [0, 0.05) is 24.6 Å². The Morgan fingerprint density at radius 1 is 1.67 bits per heavy atom. The smallest absolute Gasteiger partial charge is 0.150 e. The highest BCUT2D eigenvalue weighted by Crippen LogP contribution is 2.22. The second-order valence-electron chi connectivity index (χ2n) is 3.58. The predicted octanol–water partition coefficient (Wildman–Crippen LogP) is 2.38. The molecule has 0 saturated carbocycles. The van der Waals surface area contributed by atoms with Crippen LogP contribution in [0.15, 0.2) is 12.4 Å². The summed E-state index contributed by atoms with van der Waals surface area (Å²) in [4.78, 5) is 0. The van der Waals surface area contributed by atoms with Gasteiger partial charge in [-0.3, -0.25) is 0 Å². The van der Waals surface area contributed by atoms with Crippen molar-refractivity contribution in [2.45, 2.75) is 32.1 Å². The van der Waals surface area contributed by atoms with Gasteiger partial charge in [-0.1, -0.05) is 0 Å². The van der Waals surface area contributed by atoms with Crippen molar-refractivity contribution in [2.75, 3.05) is 12.9 Å². The van der Waals surface area contributed by atoms with Crippen LogP contribution in [0.3, 0.4) is 0 Å². The van der Waals surface area contributed by atoms with Crippen molar-refractivity contribution in [3.63, 3.8) is 0 Å². The largest absolute Gasteiger partial charge is 0.357 e.